The molecule has 108 valence electrons. The molecule has 3 nitrogen and oxygen atoms in total. The van der Waals surface area contributed by atoms with E-state index in [9.17, 15) is 4.79 Å². The largest absolute Gasteiger partial charge is 0.357 e. The zero-order valence-corrected chi connectivity index (χ0v) is 12.7. The van der Waals surface area contributed by atoms with Crippen molar-refractivity contribution in [3.63, 3.8) is 0 Å². The van der Waals surface area contributed by atoms with Crippen LogP contribution in [0.3, 0.4) is 0 Å². The van der Waals surface area contributed by atoms with Crippen LogP contribution in [0.15, 0.2) is 23.9 Å². The van der Waals surface area contributed by atoms with Crippen molar-refractivity contribution in [1.82, 2.24) is 4.90 Å². The Labute approximate surface area is 121 Å². The average Bonchev–Trinajstić information content (AvgIpc) is 2.43. The SMILES string of the molecule is C=CCOCN(C(=O)CCl)C1=C(C)CCCC1CC. The fraction of sp³-hybridized carbons (Fsp3) is 0.667. The highest BCUT2D eigenvalue weighted by Gasteiger charge is 2.27. The first kappa shape index (κ1) is 16.3. The summed E-state index contributed by atoms with van der Waals surface area (Å²) in [5.41, 5.74) is 2.42. The number of halogens is 1. The first-order chi connectivity index (χ1) is 9.15. The average molecular weight is 286 g/mol. The van der Waals surface area contributed by atoms with Gasteiger partial charge in [0.15, 0.2) is 0 Å². The second-order valence-electron chi connectivity index (χ2n) is 4.91. The van der Waals surface area contributed by atoms with Gasteiger partial charge in [-0.25, -0.2) is 0 Å². The summed E-state index contributed by atoms with van der Waals surface area (Å²) >= 11 is 5.73. The molecule has 0 aromatic rings. The molecule has 1 aliphatic carbocycles. The van der Waals surface area contributed by atoms with E-state index < -0.39 is 0 Å². The van der Waals surface area contributed by atoms with Gasteiger partial charge in [0.25, 0.3) is 0 Å². The maximum atomic E-state index is 12.1. The molecule has 19 heavy (non-hydrogen) atoms. The number of allylic oxidation sites excluding steroid dienone is 2. The molecule has 0 fully saturated rings. The van der Waals surface area contributed by atoms with Gasteiger partial charge in [-0.1, -0.05) is 18.6 Å². The molecule has 1 rings (SSSR count). The number of hydrogen-bond acceptors (Lipinski definition) is 2. The molecule has 1 atom stereocenters. The van der Waals surface area contributed by atoms with E-state index in [1.165, 1.54) is 12.0 Å². The summed E-state index contributed by atoms with van der Waals surface area (Å²) in [6.45, 7) is 8.59. The maximum absolute atomic E-state index is 12.1. The summed E-state index contributed by atoms with van der Waals surface area (Å²) in [7, 11) is 0. The lowest BCUT2D eigenvalue weighted by molar-refractivity contribution is -0.131. The van der Waals surface area contributed by atoms with Crippen molar-refractivity contribution in [2.75, 3.05) is 19.2 Å². The number of rotatable bonds is 7. The fourth-order valence-electron chi connectivity index (χ4n) is 2.65. The maximum Gasteiger partial charge on any atom is 0.243 e. The van der Waals surface area contributed by atoms with E-state index in [4.69, 9.17) is 16.3 Å². The molecular formula is C15H24ClNO2. The summed E-state index contributed by atoms with van der Waals surface area (Å²) < 4.78 is 5.46. The van der Waals surface area contributed by atoms with Crippen molar-refractivity contribution in [2.24, 2.45) is 5.92 Å². The molecule has 0 radical (unpaired) electrons. The molecule has 0 heterocycles. The molecular weight excluding hydrogens is 262 g/mol. The number of alkyl halides is 1. The van der Waals surface area contributed by atoms with Gasteiger partial charge in [-0.2, -0.15) is 0 Å². The Morgan fingerprint density at radius 1 is 1.63 bits per heavy atom. The number of nitrogens with zero attached hydrogens (tertiary/aromatic N) is 1. The highest BCUT2D eigenvalue weighted by molar-refractivity contribution is 6.27. The Morgan fingerprint density at radius 3 is 2.95 bits per heavy atom. The number of carbonyl (C=O) groups excluding carboxylic acids is 1. The highest BCUT2D eigenvalue weighted by atomic mass is 35.5. The lowest BCUT2D eigenvalue weighted by atomic mass is 9.85. The molecule has 0 aliphatic heterocycles. The molecule has 0 spiro atoms. The van der Waals surface area contributed by atoms with Crippen LogP contribution in [-0.2, 0) is 9.53 Å². The highest BCUT2D eigenvalue weighted by Crippen LogP contribution is 2.34. The van der Waals surface area contributed by atoms with E-state index in [2.05, 4.69) is 20.4 Å². The van der Waals surface area contributed by atoms with E-state index >= 15 is 0 Å². The Bertz CT molecular complexity index is 352. The van der Waals surface area contributed by atoms with Gasteiger partial charge in [0.1, 0.15) is 12.6 Å². The molecule has 0 aromatic carbocycles. The van der Waals surface area contributed by atoms with Gasteiger partial charge < -0.3 is 4.74 Å². The van der Waals surface area contributed by atoms with E-state index in [-0.39, 0.29) is 18.5 Å². The van der Waals surface area contributed by atoms with Gasteiger partial charge in [-0.15, -0.1) is 18.2 Å². The Hall–Kier alpha value is -0.800. The predicted molar refractivity (Wildman–Crippen MR) is 78.9 cm³/mol. The predicted octanol–water partition coefficient (Wildman–Crippen LogP) is 3.70. The van der Waals surface area contributed by atoms with Gasteiger partial charge in [0, 0.05) is 5.70 Å². The van der Waals surface area contributed by atoms with Gasteiger partial charge in [-0.3, -0.25) is 9.69 Å². The molecule has 0 aromatic heterocycles. The minimum atomic E-state index is -0.0829. The summed E-state index contributed by atoms with van der Waals surface area (Å²) in [4.78, 5) is 13.8. The van der Waals surface area contributed by atoms with Crippen LogP contribution < -0.4 is 0 Å². The van der Waals surface area contributed by atoms with Crippen molar-refractivity contribution in [3.8, 4) is 0 Å². The molecule has 0 saturated heterocycles. The van der Waals surface area contributed by atoms with Crippen LogP contribution >= 0.6 is 11.6 Å². The van der Waals surface area contributed by atoms with Crippen LogP contribution in [0.25, 0.3) is 0 Å². The molecule has 1 amide bonds. The summed E-state index contributed by atoms with van der Waals surface area (Å²) in [6, 6.07) is 0. The third-order valence-corrected chi connectivity index (χ3v) is 3.81. The second kappa shape index (κ2) is 8.39. The molecule has 4 heteroatoms. The van der Waals surface area contributed by atoms with Gasteiger partial charge in [0.05, 0.1) is 6.61 Å². The minimum Gasteiger partial charge on any atom is -0.357 e. The van der Waals surface area contributed by atoms with E-state index in [1.807, 2.05) is 0 Å². The van der Waals surface area contributed by atoms with Crippen LogP contribution in [-0.4, -0.2) is 30.0 Å². The quantitative estimate of drug-likeness (QED) is 0.309. The summed E-state index contributed by atoms with van der Waals surface area (Å²) in [5, 5.41) is 0. The molecule has 0 saturated carbocycles. The molecule has 1 aliphatic rings. The Morgan fingerprint density at radius 2 is 2.37 bits per heavy atom. The van der Waals surface area contributed by atoms with E-state index in [0.717, 1.165) is 25.0 Å². The van der Waals surface area contributed by atoms with Crippen molar-refractivity contribution in [1.29, 1.82) is 0 Å². The zero-order valence-electron chi connectivity index (χ0n) is 12.0. The topological polar surface area (TPSA) is 29.5 Å². The number of carbonyl (C=O) groups is 1. The fourth-order valence-corrected chi connectivity index (χ4v) is 2.79. The lowest BCUT2D eigenvalue weighted by Gasteiger charge is -2.34. The number of hydrogen-bond donors (Lipinski definition) is 0. The molecule has 0 N–H and O–H groups in total. The van der Waals surface area contributed by atoms with Gasteiger partial charge in [-0.05, 0) is 38.5 Å². The second-order valence-corrected chi connectivity index (χ2v) is 5.17. The lowest BCUT2D eigenvalue weighted by Crippen LogP contribution is -2.38. The third kappa shape index (κ3) is 4.36. The van der Waals surface area contributed by atoms with Gasteiger partial charge >= 0.3 is 0 Å². The molecule has 1 unspecified atom stereocenters. The van der Waals surface area contributed by atoms with Crippen LogP contribution in [0, 0.1) is 5.92 Å². The monoisotopic (exact) mass is 285 g/mol. The van der Waals surface area contributed by atoms with Crippen molar-refractivity contribution < 1.29 is 9.53 Å². The summed E-state index contributed by atoms with van der Waals surface area (Å²) in [5.74, 6) is 0.346. The van der Waals surface area contributed by atoms with E-state index in [0.29, 0.717) is 12.5 Å². The van der Waals surface area contributed by atoms with Crippen LogP contribution in [0.2, 0.25) is 0 Å². The molecule has 0 bridgehead atoms. The number of ether oxygens (including phenoxy) is 1. The zero-order chi connectivity index (χ0) is 14.3. The van der Waals surface area contributed by atoms with E-state index in [1.54, 1.807) is 11.0 Å². The number of amides is 1. The normalized spacial score (nSPS) is 19.4. The van der Waals surface area contributed by atoms with Crippen LogP contribution in [0.5, 0.6) is 0 Å². The minimum absolute atomic E-state index is 0.00926. The van der Waals surface area contributed by atoms with Crippen LogP contribution in [0.4, 0.5) is 0 Å². The third-order valence-electron chi connectivity index (χ3n) is 3.58. The summed E-state index contributed by atoms with van der Waals surface area (Å²) in [6.07, 6.45) is 6.11. The smallest absolute Gasteiger partial charge is 0.243 e. The van der Waals surface area contributed by atoms with Crippen molar-refractivity contribution >= 4 is 17.5 Å². The first-order valence-electron chi connectivity index (χ1n) is 6.90. The first-order valence-corrected chi connectivity index (χ1v) is 7.43. The van der Waals surface area contributed by atoms with Crippen molar-refractivity contribution in [3.05, 3.63) is 23.9 Å². The Balaban J connectivity index is 2.92. The standard InChI is InChI=1S/C15H24ClNO2/c1-4-9-19-11-17(14(18)10-16)15-12(3)7-6-8-13(15)5-2/h4,13H,1,5-11H2,2-3H3. The van der Waals surface area contributed by atoms with Crippen molar-refractivity contribution in [2.45, 2.75) is 39.5 Å². The Kier molecular flexibility index (Phi) is 7.17. The van der Waals surface area contributed by atoms with Crippen LogP contribution in [0.1, 0.15) is 39.5 Å². The van der Waals surface area contributed by atoms with Gasteiger partial charge in [0.2, 0.25) is 5.91 Å².